The van der Waals surface area contributed by atoms with Gasteiger partial charge >= 0.3 is 13.7 Å². The first-order valence-electron chi connectivity index (χ1n) is 6.00. The molecule has 0 unspecified atom stereocenters. The van der Waals surface area contributed by atoms with E-state index in [4.69, 9.17) is 14.5 Å². The Kier molecular flexibility index (Phi) is 7.80. The highest BCUT2D eigenvalue weighted by atomic mass is 32.2. The molecule has 7 nitrogen and oxygen atoms in total. The summed E-state index contributed by atoms with van der Waals surface area (Å²) in [4.78, 5) is 41.1. The normalized spacial score (nSPS) is 13.7. The molecule has 0 spiro atoms. The van der Waals surface area contributed by atoms with Gasteiger partial charge in [0.05, 0.1) is 6.04 Å². The second-order valence-corrected chi connectivity index (χ2v) is 7.90. The first-order chi connectivity index (χ1) is 8.94. The molecule has 0 aliphatic carbocycles. The standard InChI is InChI=1S/C11H22NO6PS/c1-11(2,3)18-10(14)12-8(5-6-20-4)9(13)7-19(15,16)17/h8H,5-7H2,1-4H3,(H,12,14)(H2,15,16,17)/t8-/m0/s1. The van der Waals surface area contributed by atoms with Crippen molar-refractivity contribution in [3.05, 3.63) is 0 Å². The molecule has 0 rings (SSSR count). The van der Waals surface area contributed by atoms with Gasteiger partial charge in [-0.3, -0.25) is 9.36 Å². The Morgan fingerprint density at radius 2 is 1.90 bits per heavy atom. The number of ether oxygens (including phenoxy) is 1. The van der Waals surface area contributed by atoms with E-state index in [1.54, 1.807) is 20.8 Å². The van der Waals surface area contributed by atoms with Crippen LogP contribution in [0.1, 0.15) is 27.2 Å². The lowest BCUT2D eigenvalue weighted by molar-refractivity contribution is -0.118. The largest absolute Gasteiger partial charge is 0.444 e. The van der Waals surface area contributed by atoms with Gasteiger partial charge in [-0.15, -0.1) is 0 Å². The van der Waals surface area contributed by atoms with Gasteiger partial charge in [-0.05, 0) is 39.2 Å². The fraction of sp³-hybridized carbons (Fsp3) is 0.818. The number of hydrogen-bond acceptors (Lipinski definition) is 5. The molecule has 0 bridgehead atoms. The van der Waals surface area contributed by atoms with Crippen molar-refractivity contribution in [1.29, 1.82) is 0 Å². The SMILES string of the molecule is CSCC[C@H](NC(=O)OC(C)(C)C)C(=O)CP(=O)(O)O. The highest BCUT2D eigenvalue weighted by Crippen LogP contribution is 2.34. The second-order valence-electron chi connectivity index (χ2n) is 5.27. The van der Waals surface area contributed by atoms with Crippen molar-refractivity contribution in [2.45, 2.75) is 38.8 Å². The summed E-state index contributed by atoms with van der Waals surface area (Å²) in [5.74, 6) is -0.119. The Balaban J connectivity index is 4.67. The Morgan fingerprint density at radius 1 is 1.35 bits per heavy atom. The summed E-state index contributed by atoms with van der Waals surface area (Å²) in [6, 6.07) is -0.954. The minimum Gasteiger partial charge on any atom is -0.444 e. The topological polar surface area (TPSA) is 113 Å². The van der Waals surface area contributed by atoms with Crippen LogP contribution in [0, 0.1) is 0 Å². The van der Waals surface area contributed by atoms with E-state index < -0.39 is 37.3 Å². The number of hydrogen-bond donors (Lipinski definition) is 3. The molecule has 118 valence electrons. The average molecular weight is 327 g/mol. The third-order valence-corrected chi connectivity index (χ3v) is 3.42. The van der Waals surface area contributed by atoms with E-state index in [0.717, 1.165) is 0 Å². The molecule has 0 saturated carbocycles. The van der Waals surface area contributed by atoms with Gasteiger partial charge in [-0.25, -0.2) is 4.79 Å². The van der Waals surface area contributed by atoms with Crippen molar-refractivity contribution >= 4 is 31.2 Å². The molecule has 1 amide bonds. The van der Waals surface area contributed by atoms with E-state index in [2.05, 4.69) is 5.32 Å². The molecule has 0 aliphatic heterocycles. The van der Waals surface area contributed by atoms with Crippen molar-refractivity contribution in [3.63, 3.8) is 0 Å². The number of carbonyl (C=O) groups is 2. The molecule has 9 heteroatoms. The van der Waals surface area contributed by atoms with Gasteiger partial charge in [-0.1, -0.05) is 0 Å². The van der Waals surface area contributed by atoms with Gasteiger partial charge in [0.1, 0.15) is 11.8 Å². The van der Waals surface area contributed by atoms with Crippen LogP contribution in [0.25, 0.3) is 0 Å². The average Bonchev–Trinajstić information content (AvgIpc) is 2.18. The maximum absolute atomic E-state index is 11.8. The Hall–Kier alpha value is -0.560. The van der Waals surface area contributed by atoms with E-state index in [0.29, 0.717) is 12.2 Å². The summed E-state index contributed by atoms with van der Waals surface area (Å²) in [6.45, 7) is 5.04. The highest BCUT2D eigenvalue weighted by molar-refractivity contribution is 7.98. The monoisotopic (exact) mass is 327 g/mol. The minimum atomic E-state index is -4.44. The Bertz CT molecular complexity index is 389. The van der Waals surface area contributed by atoms with Gasteiger partial charge in [0.25, 0.3) is 0 Å². The summed E-state index contributed by atoms with van der Waals surface area (Å²) in [6.07, 6.45) is 0.460. The fourth-order valence-electron chi connectivity index (χ4n) is 1.31. The summed E-state index contributed by atoms with van der Waals surface area (Å²) in [7, 11) is -4.44. The van der Waals surface area contributed by atoms with E-state index >= 15 is 0 Å². The number of ketones is 1. The minimum absolute atomic E-state index is 0.291. The van der Waals surface area contributed by atoms with Crippen molar-refractivity contribution in [2.24, 2.45) is 0 Å². The molecule has 0 aromatic carbocycles. The fourth-order valence-corrected chi connectivity index (χ4v) is 2.41. The molecule has 0 fully saturated rings. The lowest BCUT2D eigenvalue weighted by Crippen LogP contribution is -2.44. The van der Waals surface area contributed by atoms with E-state index in [-0.39, 0.29) is 0 Å². The first kappa shape index (κ1) is 19.4. The number of rotatable bonds is 7. The van der Waals surface area contributed by atoms with Crippen LogP contribution in [0.2, 0.25) is 0 Å². The maximum atomic E-state index is 11.8. The van der Waals surface area contributed by atoms with Crippen LogP contribution >= 0.6 is 19.4 Å². The van der Waals surface area contributed by atoms with Gasteiger partial charge in [0.2, 0.25) is 0 Å². The van der Waals surface area contributed by atoms with Crippen LogP contribution < -0.4 is 5.32 Å². The molecule has 0 radical (unpaired) electrons. The summed E-state index contributed by atoms with van der Waals surface area (Å²) >= 11 is 1.47. The lowest BCUT2D eigenvalue weighted by atomic mass is 10.1. The van der Waals surface area contributed by atoms with Gasteiger partial charge < -0.3 is 19.8 Å². The third kappa shape index (κ3) is 10.3. The molecule has 0 heterocycles. The molecule has 1 atom stereocenters. The van der Waals surface area contributed by atoms with Crippen LogP contribution in [0.4, 0.5) is 4.79 Å². The number of carbonyl (C=O) groups excluding carboxylic acids is 2. The maximum Gasteiger partial charge on any atom is 0.408 e. The predicted molar refractivity (Wildman–Crippen MR) is 78.1 cm³/mol. The zero-order valence-corrected chi connectivity index (χ0v) is 13.8. The third-order valence-electron chi connectivity index (χ3n) is 2.05. The predicted octanol–water partition coefficient (Wildman–Crippen LogP) is 1.38. The molecule has 0 aromatic rings. The van der Waals surface area contributed by atoms with Gasteiger partial charge in [0.15, 0.2) is 5.78 Å². The second kappa shape index (κ2) is 8.02. The molecular weight excluding hydrogens is 305 g/mol. The Morgan fingerprint density at radius 3 is 2.30 bits per heavy atom. The Labute approximate surface area is 123 Å². The van der Waals surface area contributed by atoms with E-state index in [1.165, 1.54) is 11.8 Å². The molecule has 0 aromatic heterocycles. The van der Waals surface area contributed by atoms with Crippen LogP contribution in [0.5, 0.6) is 0 Å². The van der Waals surface area contributed by atoms with Crippen molar-refractivity contribution in [1.82, 2.24) is 5.32 Å². The van der Waals surface area contributed by atoms with Crippen LogP contribution in [0.15, 0.2) is 0 Å². The van der Waals surface area contributed by atoms with Crippen molar-refractivity contribution in [3.8, 4) is 0 Å². The quantitative estimate of drug-likeness (QED) is 0.605. The van der Waals surface area contributed by atoms with Crippen LogP contribution in [-0.4, -0.2) is 51.5 Å². The van der Waals surface area contributed by atoms with E-state index in [1.807, 2.05) is 6.26 Å². The first-order valence-corrected chi connectivity index (χ1v) is 9.19. The van der Waals surface area contributed by atoms with Gasteiger partial charge in [-0.2, -0.15) is 11.8 Å². The smallest absolute Gasteiger partial charge is 0.408 e. The number of alkyl carbamates (subject to hydrolysis) is 1. The molecule has 20 heavy (non-hydrogen) atoms. The number of Topliss-reactive ketones (excluding diaryl/α,β-unsaturated/α-hetero) is 1. The molecule has 0 saturated heterocycles. The number of amides is 1. The molecule has 0 aliphatic rings. The summed E-state index contributed by atoms with van der Waals surface area (Å²) in [5.41, 5.74) is -0.708. The number of thioether (sulfide) groups is 1. The summed E-state index contributed by atoms with van der Waals surface area (Å²) in [5, 5.41) is 2.36. The van der Waals surface area contributed by atoms with Gasteiger partial charge in [0, 0.05) is 0 Å². The summed E-state index contributed by atoms with van der Waals surface area (Å²) < 4.78 is 15.9. The highest BCUT2D eigenvalue weighted by Gasteiger charge is 2.28. The zero-order valence-electron chi connectivity index (χ0n) is 12.1. The van der Waals surface area contributed by atoms with E-state index in [9.17, 15) is 14.2 Å². The van der Waals surface area contributed by atoms with Crippen LogP contribution in [-0.2, 0) is 14.1 Å². The molecule has 3 N–H and O–H groups in total. The van der Waals surface area contributed by atoms with Crippen molar-refractivity contribution < 1.29 is 28.7 Å². The lowest BCUT2D eigenvalue weighted by Gasteiger charge is -2.23. The zero-order chi connectivity index (χ0) is 16.0. The van der Waals surface area contributed by atoms with Crippen LogP contribution in [0.3, 0.4) is 0 Å². The number of nitrogens with one attached hydrogen (secondary N) is 1. The van der Waals surface area contributed by atoms with Crippen molar-refractivity contribution in [2.75, 3.05) is 18.2 Å². The molecular formula is C11H22NO6PS.